The standard InChI is InChI=1S/C16H28N2O3/c1-10(2)21-14(19)13-8-11(3)12(4)9-18(13)17-15(20)16(5,6)7/h10,13H,8-9H2,1-7H3,(H,17,20)/t13-/m0/s1. The lowest BCUT2D eigenvalue weighted by atomic mass is 9.95. The van der Waals surface area contributed by atoms with Gasteiger partial charge in [-0.25, -0.2) is 5.01 Å². The molecular weight excluding hydrogens is 268 g/mol. The Bertz CT molecular complexity index is 447. The minimum Gasteiger partial charge on any atom is -0.462 e. The zero-order chi connectivity index (χ0) is 16.4. The van der Waals surface area contributed by atoms with Crippen molar-refractivity contribution in [1.82, 2.24) is 10.4 Å². The number of amides is 1. The van der Waals surface area contributed by atoms with Crippen molar-refractivity contribution in [3.63, 3.8) is 0 Å². The summed E-state index contributed by atoms with van der Waals surface area (Å²) in [4.78, 5) is 24.5. The maximum absolute atomic E-state index is 12.3. The highest BCUT2D eigenvalue weighted by molar-refractivity contribution is 5.82. The van der Waals surface area contributed by atoms with Crippen LogP contribution in [0.5, 0.6) is 0 Å². The van der Waals surface area contributed by atoms with Crippen LogP contribution in [-0.2, 0) is 14.3 Å². The van der Waals surface area contributed by atoms with E-state index in [1.54, 1.807) is 5.01 Å². The van der Waals surface area contributed by atoms with Crippen molar-refractivity contribution in [2.45, 2.75) is 67.0 Å². The maximum atomic E-state index is 12.3. The minimum atomic E-state index is -0.503. The highest BCUT2D eigenvalue weighted by Gasteiger charge is 2.35. The normalized spacial score (nSPS) is 20.7. The van der Waals surface area contributed by atoms with Crippen LogP contribution in [0.15, 0.2) is 11.1 Å². The Balaban J connectivity index is 2.91. The first kappa shape index (κ1) is 17.7. The molecule has 1 rings (SSSR count). The van der Waals surface area contributed by atoms with E-state index in [4.69, 9.17) is 4.74 Å². The molecule has 0 saturated heterocycles. The molecule has 5 nitrogen and oxygen atoms in total. The molecule has 120 valence electrons. The highest BCUT2D eigenvalue weighted by Crippen LogP contribution is 2.23. The number of carbonyl (C=O) groups excluding carboxylic acids is 2. The third-order valence-electron chi connectivity index (χ3n) is 3.56. The van der Waals surface area contributed by atoms with Crippen molar-refractivity contribution in [2.24, 2.45) is 5.41 Å². The first-order valence-corrected chi connectivity index (χ1v) is 7.45. The fourth-order valence-electron chi connectivity index (χ4n) is 2.01. The molecule has 1 heterocycles. The van der Waals surface area contributed by atoms with Crippen molar-refractivity contribution in [1.29, 1.82) is 0 Å². The van der Waals surface area contributed by atoms with Crippen LogP contribution in [0.4, 0.5) is 0 Å². The molecule has 5 heteroatoms. The molecule has 1 aliphatic rings. The molecule has 0 radical (unpaired) electrons. The van der Waals surface area contributed by atoms with Gasteiger partial charge in [0.15, 0.2) is 0 Å². The number of nitrogens with one attached hydrogen (secondary N) is 1. The summed E-state index contributed by atoms with van der Waals surface area (Å²) in [5.74, 6) is -0.386. The molecule has 0 unspecified atom stereocenters. The van der Waals surface area contributed by atoms with E-state index < -0.39 is 11.5 Å². The first-order valence-electron chi connectivity index (χ1n) is 7.45. The number of hydrazine groups is 1. The summed E-state index contributed by atoms with van der Waals surface area (Å²) in [7, 11) is 0. The van der Waals surface area contributed by atoms with E-state index in [2.05, 4.69) is 5.43 Å². The SMILES string of the molecule is CC1=C(C)CN(NC(=O)C(C)(C)C)[C@H](C(=O)OC(C)C)C1. The third-order valence-corrected chi connectivity index (χ3v) is 3.56. The zero-order valence-electron chi connectivity index (χ0n) is 14.2. The molecule has 1 atom stereocenters. The topological polar surface area (TPSA) is 58.6 Å². The Hall–Kier alpha value is -1.36. The van der Waals surface area contributed by atoms with Crippen molar-refractivity contribution in [3.05, 3.63) is 11.1 Å². The van der Waals surface area contributed by atoms with Crippen LogP contribution in [0, 0.1) is 5.41 Å². The fourth-order valence-corrected chi connectivity index (χ4v) is 2.01. The maximum Gasteiger partial charge on any atom is 0.325 e. The number of esters is 1. The van der Waals surface area contributed by atoms with Gasteiger partial charge < -0.3 is 4.74 Å². The van der Waals surface area contributed by atoms with Gasteiger partial charge in [0.1, 0.15) is 6.04 Å². The van der Waals surface area contributed by atoms with E-state index in [-0.39, 0.29) is 18.0 Å². The van der Waals surface area contributed by atoms with Crippen LogP contribution >= 0.6 is 0 Å². The van der Waals surface area contributed by atoms with Gasteiger partial charge in [-0.2, -0.15) is 0 Å². The van der Waals surface area contributed by atoms with Crippen molar-refractivity contribution in [3.8, 4) is 0 Å². The smallest absolute Gasteiger partial charge is 0.325 e. The number of ether oxygens (including phenoxy) is 1. The van der Waals surface area contributed by atoms with E-state index in [1.165, 1.54) is 11.1 Å². The second-order valence-corrected chi connectivity index (χ2v) is 7.09. The Kier molecular flexibility index (Phi) is 5.56. The molecule has 0 saturated carbocycles. The van der Waals surface area contributed by atoms with E-state index >= 15 is 0 Å². The highest BCUT2D eigenvalue weighted by atomic mass is 16.5. The molecule has 0 bridgehead atoms. The Morgan fingerprint density at radius 3 is 2.29 bits per heavy atom. The lowest BCUT2D eigenvalue weighted by molar-refractivity contribution is -0.157. The van der Waals surface area contributed by atoms with Gasteiger partial charge in [-0.3, -0.25) is 15.0 Å². The average molecular weight is 296 g/mol. The summed E-state index contributed by atoms with van der Waals surface area (Å²) in [6.45, 7) is 13.8. The van der Waals surface area contributed by atoms with Crippen molar-refractivity contribution in [2.75, 3.05) is 6.54 Å². The van der Waals surface area contributed by atoms with E-state index in [0.717, 1.165) is 0 Å². The van der Waals surface area contributed by atoms with Gasteiger partial charge in [-0.05, 0) is 34.1 Å². The van der Waals surface area contributed by atoms with Crippen LogP contribution in [0.1, 0.15) is 54.9 Å². The number of carbonyl (C=O) groups is 2. The Labute approximate surface area is 127 Å². The van der Waals surface area contributed by atoms with Crippen LogP contribution < -0.4 is 5.43 Å². The van der Waals surface area contributed by atoms with Crippen molar-refractivity contribution < 1.29 is 14.3 Å². The zero-order valence-corrected chi connectivity index (χ0v) is 14.2. The summed E-state index contributed by atoms with van der Waals surface area (Å²) in [5.41, 5.74) is 4.73. The number of rotatable bonds is 3. The quantitative estimate of drug-likeness (QED) is 0.642. The average Bonchev–Trinajstić information content (AvgIpc) is 2.31. The molecule has 1 amide bonds. The summed E-state index contributed by atoms with van der Waals surface area (Å²) in [6, 6.07) is -0.456. The molecule has 0 aromatic rings. The van der Waals surface area contributed by atoms with E-state index in [1.807, 2.05) is 48.5 Å². The third kappa shape index (κ3) is 4.84. The van der Waals surface area contributed by atoms with Gasteiger partial charge in [-0.15, -0.1) is 0 Å². The molecule has 0 fully saturated rings. The molecule has 21 heavy (non-hydrogen) atoms. The second kappa shape index (κ2) is 6.60. The Morgan fingerprint density at radius 1 is 1.24 bits per heavy atom. The summed E-state index contributed by atoms with van der Waals surface area (Å²) >= 11 is 0. The number of nitrogens with zero attached hydrogens (tertiary/aromatic N) is 1. The molecule has 0 spiro atoms. The molecular formula is C16H28N2O3. The molecule has 0 aliphatic carbocycles. The summed E-state index contributed by atoms with van der Waals surface area (Å²) in [6.07, 6.45) is 0.423. The molecule has 1 aliphatic heterocycles. The monoisotopic (exact) mass is 296 g/mol. The Morgan fingerprint density at radius 2 is 1.81 bits per heavy atom. The minimum absolute atomic E-state index is 0.0998. The fraction of sp³-hybridized carbons (Fsp3) is 0.750. The van der Waals surface area contributed by atoms with Gasteiger partial charge >= 0.3 is 5.97 Å². The predicted octanol–water partition coefficient (Wildman–Crippen LogP) is 2.43. The largest absolute Gasteiger partial charge is 0.462 e. The van der Waals surface area contributed by atoms with Crippen LogP contribution in [0.25, 0.3) is 0 Å². The molecule has 0 aromatic carbocycles. The lowest BCUT2D eigenvalue weighted by Crippen LogP contribution is -2.57. The number of hydrogen-bond donors (Lipinski definition) is 1. The van der Waals surface area contributed by atoms with E-state index in [0.29, 0.717) is 13.0 Å². The predicted molar refractivity (Wildman–Crippen MR) is 82.3 cm³/mol. The molecule has 0 aromatic heterocycles. The summed E-state index contributed by atoms with van der Waals surface area (Å²) < 4.78 is 5.32. The second-order valence-electron chi connectivity index (χ2n) is 7.09. The van der Waals surface area contributed by atoms with Gasteiger partial charge in [0, 0.05) is 12.0 Å². The van der Waals surface area contributed by atoms with Crippen molar-refractivity contribution >= 4 is 11.9 Å². The van der Waals surface area contributed by atoms with Gasteiger partial charge in [0.05, 0.1) is 6.10 Å². The van der Waals surface area contributed by atoms with Gasteiger partial charge in [0.25, 0.3) is 0 Å². The van der Waals surface area contributed by atoms with Gasteiger partial charge in [-0.1, -0.05) is 31.9 Å². The van der Waals surface area contributed by atoms with Gasteiger partial charge in [0.2, 0.25) is 5.91 Å². The lowest BCUT2D eigenvalue weighted by Gasteiger charge is -2.37. The number of hydrogen-bond acceptors (Lipinski definition) is 4. The van der Waals surface area contributed by atoms with Crippen LogP contribution in [-0.4, -0.2) is 35.6 Å². The van der Waals surface area contributed by atoms with Crippen LogP contribution in [0.2, 0.25) is 0 Å². The van der Waals surface area contributed by atoms with E-state index in [9.17, 15) is 9.59 Å². The molecule has 1 N–H and O–H groups in total. The first-order chi connectivity index (χ1) is 9.52. The summed E-state index contributed by atoms with van der Waals surface area (Å²) in [5, 5.41) is 1.71. The van der Waals surface area contributed by atoms with Crippen LogP contribution in [0.3, 0.4) is 0 Å².